The van der Waals surface area contributed by atoms with Crippen molar-refractivity contribution >= 4 is 53.1 Å². The van der Waals surface area contributed by atoms with Gasteiger partial charge in [0, 0.05) is 50.8 Å². The van der Waals surface area contributed by atoms with Crippen LogP contribution in [0.4, 0.5) is 5.69 Å². The molecule has 232 valence electrons. The smallest absolute Gasteiger partial charge is 0.296 e. The van der Waals surface area contributed by atoms with Crippen LogP contribution in [0.3, 0.4) is 0 Å². The van der Waals surface area contributed by atoms with Gasteiger partial charge in [0.25, 0.3) is 6.01 Å². The summed E-state index contributed by atoms with van der Waals surface area (Å²) < 4.78 is 28.0. The molecule has 11 nitrogen and oxygen atoms in total. The van der Waals surface area contributed by atoms with E-state index in [1.165, 1.54) is 0 Å². The van der Waals surface area contributed by atoms with Gasteiger partial charge in [-0.15, -0.1) is 0 Å². The lowest BCUT2D eigenvalue weighted by Gasteiger charge is -2.28. The van der Waals surface area contributed by atoms with Crippen molar-refractivity contribution in [3.63, 3.8) is 0 Å². The van der Waals surface area contributed by atoms with Crippen LogP contribution in [0.1, 0.15) is 5.56 Å². The number of hydrogen-bond acceptors (Lipinski definition) is 9. The van der Waals surface area contributed by atoms with Crippen LogP contribution in [-0.2, 0) is 36.3 Å². The second-order valence-corrected chi connectivity index (χ2v) is 20.2. The van der Waals surface area contributed by atoms with Crippen molar-refractivity contribution < 1.29 is 28.8 Å². The molecule has 5 atom stereocenters. The van der Waals surface area contributed by atoms with Gasteiger partial charge >= 0.3 is 0 Å². The summed E-state index contributed by atoms with van der Waals surface area (Å²) in [7, 11) is 0.315. The van der Waals surface area contributed by atoms with E-state index in [9.17, 15) is 9.90 Å². The van der Waals surface area contributed by atoms with Crippen LogP contribution >= 0.6 is 11.6 Å². The average molecular weight is 648 g/mol. The van der Waals surface area contributed by atoms with Crippen molar-refractivity contribution in [3.05, 3.63) is 34.9 Å². The maximum absolute atomic E-state index is 12.7. The number of rotatable bonds is 9. The number of imidazole rings is 1. The number of aliphatic hydroxyl groups is 1. The molecule has 5 heterocycles. The van der Waals surface area contributed by atoms with E-state index in [1.807, 2.05) is 29.2 Å². The van der Waals surface area contributed by atoms with E-state index >= 15 is 0 Å². The number of carbonyl (C=O) groups is 1. The van der Waals surface area contributed by atoms with E-state index < -0.39 is 26.4 Å². The molecule has 0 bridgehead atoms. The van der Waals surface area contributed by atoms with Crippen molar-refractivity contribution in [2.45, 2.75) is 56.7 Å². The van der Waals surface area contributed by atoms with E-state index in [4.69, 9.17) is 40.5 Å². The fraction of sp³-hybridized carbons (Fsp3) is 0.552. The Balaban J connectivity index is 1.29. The first-order valence-electron chi connectivity index (χ1n) is 14.5. The lowest BCUT2D eigenvalue weighted by molar-refractivity contribution is -0.116. The Morgan fingerprint density at radius 3 is 2.67 bits per heavy atom. The van der Waals surface area contributed by atoms with Crippen LogP contribution in [0.25, 0.3) is 22.4 Å². The number of nitrogens with one attached hydrogen (secondary N) is 1. The standard InChI is InChI=1S/C29H38ClN5O6SSi/c1-31-42-11-9-35(22(37)16-42)18-7-5-17(6-8-18)24-23(30)19(13-38-10-12-43(2,3)4)25-28(32-24)34-29(33-25)41-21-15-40-26-20(36)14-39-27(21)26/h5-8,20-21,26-27,36H,9-16H2,1-4H3,(H,32,33,34)/t20-,21-,26-,27-,42?/m1/s1. The zero-order valence-corrected chi connectivity index (χ0v) is 27.4. The molecule has 0 saturated carbocycles. The predicted octanol–water partition coefficient (Wildman–Crippen LogP) is 3.82. The number of nitrogens with zero attached hydrogens (tertiary/aromatic N) is 4. The molecule has 3 aliphatic heterocycles. The van der Waals surface area contributed by atoms with Gasteiger partial charge in [-0.2, -0.15) is 4.98 Å². The van der Waals surface area contributed by atoms with E-state index in [2.05, 4.69) is 29.0 Å². The number of fused-ring (bicyclic) bond motifs is 2. The highest BCUT2D eigenvalue weighted by Crippen LogP contribution is 2.36. The maximum Gasteiger partial charge on any atom is 0.296 e. The van der Waals surface area contributed by atoms with E-state index in [0.29, 0.717) is 40.8 Å². The van der Waals surface area contributed by atoms with Crippen molar-refractivity contribution in [1.29, 1.82) is 0 Å². The predicted molar refractivity (Wildman–Crippen MR) is 170 cm³/mol. The number of hydrogen-bond donors (Lipinski definition) is 2. The SMILES string of the molecule is CN=S1CCN(c2ccc(-c3nc4[nH]c(O[C@@H]5CO[C@H]6[C@@H]5OC[C@H]6O)nc4c(COCC[Si](C)(C)C)c3Cl)cc2)C(=O)C1. The zero-order valence-electron chi connectivity index (χ0n) is 24.8. The van der Waals surface area contributed by atoms with Crippen molar-refractivity contribution in [2.75, 3.05) is 49.8 Å². The number of carbonyl (C=O) groups excluding carboxylic acids is 1. The first-order valence-corrected chi connectivity index (χ1v) is 20.1. The monoisotopic (exact) mass is 647 g/mol. The molecule has 3 aliphatic rings. The minimum Gasteiger partial charge on any atom is -0.456 e. The fourth-order valence-corrected chi connectivity index (χ4v) is 7.85. The number of H-pyrrole nitrogens is 1. The van der Waals surface area contributed by atoms with Gasteiger partial charge in [-0.1, -0.05) is 54.1 Å². The number of halogens is 1. The summed E-state index contributed by atoms with van der Waals surface area (Å²) in [4.78, 5) is 27.3. The lowest BCUT2D eigenvalue weighted by atomic mass is 10.1. The molecule has 0 aliphatic carbocycles. The number of benzene rings is 1. The van der Waals surface area contributed by atoms with Gasteiger partial charge in [0.2, 0.25) is 5.91 Å². The Morgan fingerprint density at radius 1 is 1.19 bits per heavy atom. The number of anilines is 1. The third-order valence-corrected chi connectivity index (χ3v) is 11.8. The summed E-state index contributed by atoms with van der Waals surface area (Å²) in [6, 6.07) is 9.03. The summed E-state index contributed by atoms with van der Waals surface area (Å²) in [5.74, 6) is 1.42. The summed E-state index contributed by atoms with van der Waals surface area (Å²) in [5.41, 5.74) is 4.06. The largest absolute Gasteiger partial charge is 0.456 e. The molecule has 2 N–H and O–H groups in total. The molecule has 3 saturated heterocycles. The molecule has 1 amide bonds. The van der Waals surface area contributed by atoms with Gasteiger partial charge in [-0.05, 0) is 18.2 Å². The normalized spacial score (nSPS) is 26.0. The molecule has 0 spiro atoms. The third-order valence-electron chi connectivity index (χ3n) is 7.99. The fourth-order valence-electron chi connectivity index (χ4n) is 5.50. The van der Waals surface area contributed by atoms with Gasteiger partial charge in [0.05, 0.1) is 36.3 Å². The second-order valence-electron chi connectivity index (χ2n) is 12.3. The van der Waals surface area contributed by atoms with Crippen molar-refractivity contribution in [1.82, 2.24) is 15.0 Å². The first-order chi connectivity index (χ1) is 20.6. The Hall–Kier alpha value is -2.39. The summed E-state index contributed by atoms with van der Waals surface area (Å²) in [6.07, 6.45) is -1.86. The molecular weight excluding hydrogens is 610 g/mol. The number of pyridine rings is 1. The summed E-state index contributed by atoms with van der Waals surface area (Å²) >= 11 is 7.03. The van der Waals surface area contributed by atoms with Crippen LogP contribution < -0.4 is 9.64 Å². The Labute approximate surface area is 259 Å². The van der Waals surface area contributed by atoms with Crippen molar-refractivity contribution in [3.8, 4) is 17.3 Å². The molecule has 2 aromatic heterocycles. The van der Waals surface area contributed by atoms with E-state index in [-0.39, 0.29) is 48.5 Å². The molecule has 14 heteroatoms. The van der Waals surface area contributed by atoms with Crippen molar-refractivity contribution in [2.24, 2.45) is 4.36 Å². The highest BCUT2D eigenvalue weighted by atomic mass is 35.5. The minimum absolute atomic E-state index is 0.0877. The number of aromatic amines is 1. The number of ether oxygens (including phenoxy) is 4. The summed E-state index contributed by atoms with van der Waals surface area (Å²) in [6.45, 7) is 9.00. The lowest BCUT2D eigenvalue weighted by Crippen LogP contribution is -2.42. The van der Waals surface area contributed by atoms with Gasteiger partial charge in [-0.25, -0.2) is 4.98 Å². The molecule has 1 aromatic carbocycles. The van der Waals surface area contributed by atoms with E-state index in [1.54, 1.807) is 7.05 Å². The Kier molecular flexibility index (Phi) is 8.93. The zero-order chi connectivity index (χ0) is 30.3. The van der Waals surface area contributed by atoms with Crippen LogP contribution in [-0.4, -0.2) is 103 Å². The first kappa shape index (κ1) is 30.6. The third kappa shape index (κ3) is 6.53. The van der Waals surface area contributed by atoms with Crippen LogP contribution in [0.2, 0.25) is 30.7 Å². The maximum atomic E-state index is 12.7. The molecular formula is C29H38ClN5O6SSi. The molecule has 6 rings (SSSR count). The highest BCUT2D eigenvalue weighted by Gasteiger charge is 2.48. The van der Waals surface area contributed by atoms with Crippen LogP contribution in [0.15, 0.2) is 28.6 Å². The quantitative estimate of drug-likeness (QED) is 0.265. The molecule has 3 fully saturated rings. The molecule has 0 radical (unpaired) electrons. The molecule has 3 aromatic rings. The Morgan fingerprint density at radius 2 is 1.95 bits per heavy atom. The molecule has 1 unspecified atom stereocenters. The van der Waals surface area contributed by atoms with Crippen LogP contribution in [0.5, 0.6) is 6.01 Å². The second kappa shape index (κ2) is 12.5. The van der Waals surface area contributed by atoms with Gasteiger partial charge < -0.3 is 29.0 Å². The Bertz CT molecular complexity index is 1530. The average Bonchev–Trinajstić information content (AvgIpc) is 3.68. The number of aromatic nitrogens is 3. The topological polar surface area (TPSA) is 131 Å². The number of amides is 1. The highest BCUT2D eigenvalue weighted by molar-refractivity contribution is 7.88. The summed E-state index contributed by atoms with van der Waals surface area (Å²) in [5, 5.41) is 10.6. The van der Waals surface area contributed by atoms with Crippen LogP contribution in [0, 0.1) is 0 Å². The molecule has 43 heavy (non-hydrogen) atoms. The van der Waals surface area contributed by atoms with Gasteiger partial charge in [0.15, 0.2) is 11.8 Å². The minimum atomic E-state index is -1.28. The van der Waals surface area contributed by atoms with Gasteiger partial charge in [0.1, 0.15) is 23.8 Å². The van der Waals surface area contributed by atoms with Gasteiger partial charge in [-0.3, -0.25) is 14.1 Å². The van der Waals surface area contributed by atoms with E-state index in [0.717, 1.165) is 28.6 Å². The number of aliphatic hydroxyl groups excluding tert-OH is 1.